The average molecular weight is 470 g/mol. The van der Waals surface area contributed by atoms with Crippen LogP contribution in [0.1, 0.15) is 22.8 Å². The maximum absolute atomic E-state index is 13.3. The molecule has 2 aromatic carbocycles. The van der Waals surface area contributed by atoms with Gasteiger partial charge in [-0.15, -0.1) is 0 Å². The number of rotatable bonds is 10. The standard InChI is InChI=1S/C24H27N3O5S/c1-16(14-31-2)25-21(28)15-33-24-26-20-13-18(23(30)32-3)9-10-19(20)22(29)27(24)12-11-17-7-5-4-6-8-17/h4-10,13,16H,11-12,14-15H2,1-3H3,(H,25,28). The number of carbonyl (C=O) groups is 2. The smallest absolute Gasteiger partial charge is 0.337 e. The number of esters is 1. The minimum atomic E-state index is -0.507. The van der Waals surface area contributed by atoms with Crippen molar-refractivity contribution >= 4 is 34.5 Å². The number of nitrogens with one attached hydrogen (secondary N) is 1. The number of hydrogen-bond acceptors (Lipinski definition) is 7. The molecule has 0 spiro atoms. The number of nitrogens with zero attached hydrogens (tertiary/aromatic N) is 2. The third kappa shape index (κ3) is 6.43. The van der Waals surface area contributed by atoms with Crippen molar-refractivity contribution in [2.24, 2.45) is 0 Å². The summed E-state index contributed by atoms with van der Waals surface area (Å²) >= 11 is 1.18. The lowest BCUT2D eigenvalue weighted by Crippen LogP contribution is -2.36. The number of benzene rings is 2. The molecule has 0 saturated heterocycles. The predicted octanol–water partition coefficient (Wildman–Crippen LogP) is 2.67. The summed E-state index contributed by atoms with van der Waals surface area (Å²) in [6.07, 6.45) is 0.638. The van der Waals surface area contributed by atoms with E-state index in [1.54, 1.807) is 23.8 Å². The molecule has 0 aliphatic rings. The molecule has 0 saturated carbocycles. The van der Waals surface area contributed by atoms with Crippen LogP contribution in [0.2, 0.25) is 0 Å². The molecule has 8 nitrogen and oxygen atoms in total. The van der Waals surface area contributed by atoms with E-state index in [2.05, 4.69) is 10.3 Å². The van der Waals surface area contributed by atoms with E-state index in [4.69, 9.17) is 9.47 Å². The van der Waals surface area contributed by atoms with Gasteiger partial charge in [-0.2, -0.15) is 0 Å². The number of methoxy groups -OCH3 is 2. The average Bonchev–Trinajstić information content (AvgIpc) is 2.82. The predicted molar refractivity (Wildman–Crippen MR) is 128 cm³/mol. The summed E-state index contributed by atoms with van der Waals surface area (Å²) in [6, 6.07) is 14.4. The Labute approximate surface area is 196 Å². The number of aromatic nitrogens is 2. The number of thioether (sulfide) groups is 1. The van der Waals surface area contributed by atoms with Gasteiger partial charge in [-0.25, -0.2) is 9.78 Å². The van der Waals surface area contributed by atoms with Crippen LogP contribution in [0.25, 0.3) is 10.9 Å². The fourth-order valence-electron chi connectivity index (χ4n) is 3.38. The molecule has 1 N–H and O–H groups in total. The van der Waals surface area contributed by atoms with Crippen LogP contribution in [0.4, 0.5) is 0 Å². The largest absolute Gasteiger partial charge is 0.465 e. The van der Waals surface area contributed by atoms with Crippen molar-refractivity contribution in [3.05, 3.63) is 70.0 Å². The molecule has 1 amide bonds. The van der Waals surface area contributed by atoms with Gasteiger partial charge in [0.1, 0.15) is 0 Å². The highest BCUT2D eigenvalue weighted by Crippen LogP contribution is 2.20. The van der Waals surface area contributed by atoms with Crippen molar-refractivity contribution in [1.82, 2.24) is 14.9 Å². The van der Waals surface area contributed by atoms with Crippen LogP contribution in [0.3, 0.4) is 0 Å². The third-order valence-electron chi connectivity index (χ3n) is 4.96. The first kappa shape index (κ1) is 24.5. The van der Waals surface area contributed by atoms with Crippen LogP contribution >= 0.6 is 11.8 Å². The van der Waals surface area contributed by atoms with Gasteiger partial charge in [0.2, 0.25) is 5.91 Å². The second-order valence-electron chi connectivity index (χ2n) is 7.52. The topological polar surface area (TPSA) is 99.5 Å². The Kier molecular flexibility index (Phi) is 8.62. The zero-order chi connectivity index (χ0) is 23.8. The Morgan fingerprint density at radius 1 is 1.15 bits per heavy atom. The fraction of sp³-hybridized carbons (Fsp3) is 0.333. The number of aryl methyl sites for hydroxylation is 1. The summed E-state index contributed by atoms with van der Waals surface area (Å²) in [5.41, 5.74) is 1.56. The van der Waals surface area contributed by atoms with Crippen molar-refractivity contribution in [3.8, 4) is 0 Å². The van der Waals surface area contributed by atoms with E-state index < -0.39 is 5.97 Å². The molecule has 1 heterocycles. The van der Waals surface area contributed by atoms with Gasteiger partial charge in [0.15, 0.2) is 5.16 Å². The second kappa shape index (κ2) is 11.6. The lowest BCUT2D eigenvalue weighted by Gasteiger charge is -2.15. The first-order valence-electron chi connectivity index (χ1n) is 10.5. The molecule has 1 atom stereocenters. The van der Waals surface area contributed by atoms with Crippen LogP contribution in [-0.4, -0.2) is 54.0 Å². The molecule has 174 valence electrons. The van der Waals surface area contributed by atoms with Crippen LogP contribution in [0.15, 0.2) is 58.5 Å². The molecule has 9 heteroatoms. The lowest BCUT2D eigenvalue weighted by molar-refractivity contribution is -0.119. The van der Waals surface area contributed by atoms with E-state index in [0.717, 1.165) is 5.56 Å². The van der Waals surface area contributed by atoms with Gasteiger partial charge in [0.05, 0.1) is 35.9 Å². The highest BCUT2D eigenvalue weighted by Gasteiger charge is 2.16. The van der Waals surface area contributed by atoms with Gasteiger partial charge in [0.25, 0.3) is 5.56 Å². The summed E-state index contributed by atoms with van der Waals surface area (Å²) in [6.45, 7) is 2.67. The highest BCUT2D eigenvalue weighted by molar-refractivity contribution is 7.99. The maximum Gasteiger partial charge on any atom is 0.337 e. The summed E-state index contributed by atoms with van der Waals surface area (Å²) in [4.78, 5) is 42.2. The van der Waals surface area contributed by atoms with E-state index in [9.17, 15) is 14.4 Å². The van der Waals surface area contributed by atoms with Gasteiger partial charge in [0, 0.05) is 19.7 Å². The maximum atomic E-state index is 13.3. The summed E-state index contributed by atoms with van der Waals surface area (Å²) in [5, 5.41) is 3.67. The molecular weight excluding hydrogens is 442 g/mol. The fourth-order valence-corrected chi connectivity index (χ4v) is 4.21. The van der Waals surface area contributed by atoms with Crippen molar-refractivity contribution in [2.75, 3.05) is 26.6 Å². The normalized spacial score (nSPS) is 11.8. The molecule has 0 aliphatic heterocycles. The number of carbonyl (C=O) groups excluding carboxylic acids is 2. The third-order valence-corrected chi connectivity index (χ3v) is 5.94. The van der Waals surface area contributed by atoms with Crippen LogP contribution in [0.5, 0.6) is 0 Å². The highest BCUT2D eigenvalue weighted by atomic mass is 32.2. The van der Waals surface area contributed by atoms with Crippen molar-refractivity contribution < 1.29 is 19.1 Å². The number of ether oxygens (including phenoxy) is 2. The van der Waals surface area contributed by atoms with E-state index in [-0.39, 0.29) is 23.3 Å². The number of hydrogen-bond donors (Lipinski definition) is 1. The molecular formula is C24H27N3O5S. The van der Waals surface area contributed by atoms with Gasteiger partial charge in [-0.1, -0.05) is 42.1 Å². The van der Waals surface area contributed by atoms with Crippen molar-refractivity contribution in [3.63, 3.8) is 0 Å². The van der Waals surface area contributed by atoms with E-state index in [1.807, 2.05) is 37.3 Å². The summed E-state index contributed by atoms with van der Waals surface area (Å²) in [7, 11) is 2.87. The SMILES string of the molecule is COCC(C)NC(=O)CSc1nc2cc(C(=O)OC)ccc2c(=O)n1CCc1ccccc1. The van der Waals surface area contributed by atoms with Crippen molar-refractivity contribution in [2.45, 2.75) is 31.1 Å². The van der Waals surface area contributed by atoms with Crippen LogP contribution in [0, 0.1) is 0 Å². The first-order valence-corrected chi connectivity index (χ1v) is 11.5. The summed E-state index contributed by atoms with van der Waals surface area (Å²) in [5.74, 6) is -0.599. The molecule has 1 aromatic heterocycles. The lowest BCUT2D eigenvalue weighted by atomic mass is 10.1. The molecule has 3 aromatic rings. The first-order chi connectivity index (χ1) is 15.9. The Balaban J connectivity index is 1.92. The zero-order valence-corrected chi connectivity index (χ0v) is 19.7. The Morgan fingerprint density at radius 2 is 1.91 bits per heavy atom. The Bertz CT molecular complexity index is 1180. The molecule has 33 heavy (non-hydrogen) atoms. The minimum absolute atomic E-state index is 0.0913. The number of fused-ring (bicyclic) bond motifs is 1. The van der Waals surface area contributed by atoms with E-state index in [1.165, 1.54) is 24.9 Å². The van der Waals surface area contributed by atoms with E-state index >= 15 is 0 Å². The molecule has 1 unspecified atom stereocenters. The zero-order valence-electron chi connectivity index (χ0n) is 18.9. The molecule has 0 fully saturated rings. The van der Waals surface area contributed by atoms with Crippen LogP contribution in [-0.2, 0) is 27.2 Å². The summed E-state index contributed by atoms with van der Waals surface area (Å²) < 4.78 is 11.4. The van der Waals surface area contributed by atoms with Crippen LogP contribution < -0.4 is 10.9 Å². The Hall–Kier alpha value is -3.17. The molecule has 0 radical (unpaired) electrons. The second-order valence-corrected chi connectivity index (χ2v) is 8.47. The molecule has 0 aliphatic carbocycles. The number of amides is 1. The van der Waals surface area contributed by atoms with Gasteiger partial charge >= 0.3 is 5.97 Å². The van der Waals surface area contributed by atoms with E-state index in [0.29, 0.717) is 41.2 Å². The van der Waals surface area contributed by atoms with Gasteiger partial charge in [-0.3, -0.25) is 14.2 Å². The molecule has 3 rings (SSSR count). The van der Waals surface area contributed by atoms with Crippen molar-refractivity contribution in [1.29, 1.82) is 0 Å². The monoisotopic (exact) mass is 469 g/mol. The quantitative estimate of drug-likeness (QED) is 0.277. The Morgan fingerprint density at radius 3 is 2.61 bits per heavy atom. The molecule has 0 bridgehead atoms. The van der Waals surface area contributed by atoms with Gasteiger partial charge in [-0.05, 0) is 37.1 Å². The van der Waals surface area contributed by atoms with Gasteiger partial charge < -0.3 is 14.8 Å². The minimum Gasteiger partial charge on any atom is -0.465 e.